The zero-order valence-corrected chi connectivity index (χ0v) is 10.4. The maximum Gasteiger partial charge on any atom is 0.376 e. The van der Waals surface area contributed by atoms with Gasteiger partial charge in [0.2, 0.25) is 0 Å². The highest BCUT2D eigenvalue weighted by Crippen LogP contribution is 2.27. The van der Waals surface area contributed by atoms with Crippen molar-refractivity contribution in [3.05, 3.63) is 18.2 Å². The summed E-state index contributed by atoms with van der Waals surface area (Å²) in [5.74, 6) is 3.16. The molecule has 0 amide bonds. The van der Waals surface area contributed by atoms with Gasteiger partial charge in [-0.3, -0.25) is 0 Å². The molecule has 0 saturated carbocycles. The quantitative estimate of drug-likeness (QED) is 0.629. The van der Waals surface area contributed by atoms with Gasteiger partial charge in [0.25, 0.3) is 0 Å². The lowest BCUT2D eigenvalue weighted by Crippen LogP contribution is -2.05. The van der Waals surface area contributed by atoms with Gasteiger partial charge in [-0.1, -0.05) is 10.5 Å². The number of benzene rings is 1. The standard InChI is InChI=1S/C12H15NO2P/c1-4-8-13-11-7-6-10(16(14)5-2)9-12(11)15-3/h1,6-7,9,13H,5,8H2,2-3H3/q+1. The summed E-state index contributed by atoms with van der Waals surface area (Å²) in [5.41, 5.74) is 0.823. The molecule has 1 N–H and O–H groups in total. The van der Waals surface area contributed by atoms with E-state index in [2.05, 4.69) is 11.2 Å². The molecular formula is C12H15NO2P+. The fourth-order valence-electron chi connectivity index (χ4n) is 1.31. The number of rotatable bonds is 5. The van der Waals surface area contributed by atoms with Gasteiger partial charge in [-0.2, -0.15) is 0 Å². The lowest BCUT2D eigenvalue weighted by atomic mass is 10.3. The van der Waals surface area contributed by atoms with Crippen molar-refractivity contribution in [3.8, 4) is 18.1 Å². The van der Waals surface area contributed by atoms with Crippen LogP contribution in [0.5, 0.6) is 5.75 Å². The van der Waals surface area contributed by atoms with Crippen LogP contribution in [0, 0.1) is 12.3 Å². The van der Waals surface area contributed by atoms with Gasteiger partial charge in [0.1, 0.15) is 11.9 Å². The lowest BCUT2D eigenvalue weighted by molar-refractivity contribution is 0.417. The highest BCUT2D eigenvalue weighted by Gasteiger charge is 2.18. The smallest absolute Gasteiger partial charge is 0.376 e. The first kappa shape index (κ1) is 12.5. The van der Waals surface area contributed by atoms with Crippen LogP contribution in [0.25, 0.3) is 0 Å². The summed E-state index contributed by atoms with van der Waals surface area (Å²) < 4.78 is 16.9. The van der Waals surface area contributed by atoms with Crippen molar-refractivity contribution >= 4 is 18.8 Å². The second kappa shape index (κ2) is 6.15. The summed E-state index contributed by atoms with van der Waals surface area (Å²) in [6.45, 7) is 2.34. The molecule has 0 spiro atoms. The molecule has 0 fully saturated rings. The van der Waals surface area contributed by atoms with Crippen molar-refractivity contribution in [2.45, 2.75) is 6.92 Å². The first-order valence-electron chi connectivity index (χ1n) is 5.03. The van der Waals surface area contributed by atoms with Crippen molar-refractivity contribution in [3.63, 3.8) is 0 Å². The van der Waals surface area contributed by atoms with Gasteiger partial charge >= 0.3 is 7.80 Å². The van der Waals surface area contributed by atoms with Crippen LogP contribution in [0.15, 0.2) is 18.2 Å². The topological polar surface area (TPSA) is 38.3 Å². The fourth-order valence-corrected chi connectivity index (χ4v) is 2.18. The van der Waals surface area contributed by atoms with Crippen LogP contribution in [-0.4, -0.2) is 19.8 Å². The van der Waals surface area contributed by atoms with E-state index >= 15 is 0 Å². The van der Waals surface area contributed by atoms with E-state index < -0.39 is 7.80 Å². The third-order valence-electron chi connectivity index (χ3n) is 2.14. The molecule has 1 atom stereocenters. The van der Waals surface area contributed by atoms with E-state index in [9.17, 15) is 4.57 Å². The van der Waals surface area contributed by atoms with E-state index in [1.807, 2.05) is 19.1 Å². The molecule has 1 aromatic rings. The van der Waals surface area contributed by atoms with Crippen LogP contribution >= 0.6 is 7.80 Å². The van der Waals surface area contributed by atoms with E-state index in [0.717, 1.165) is 11.0 Å². The van der Waals surface area contributed by atoms with E-state index in [1.54, 1.807) is 13.2 Å². The van der Waals surface area contributed by atoms with E-state index in [-0.39, 0.29) is 0 Å². The van der Waals surface area contributed by atoms with Crippen molar-refractivity contribution < 1.29 is 9.30 Å². The number of terminal acetylenes is 1. The molecule has 0 aliphatic rings. The zero-order valence-electron chi connectivity index (χ0n) is 9.49. The van der Waals surface area contributed by atoms with Gasteiger partial charge in [-0.05, 0) is 19.1 Å². The van der Waals surface area contributed by atoms with E-state index in [0.29, 0.717) is 18.5 Å². The zero-order chi connectivity index (χ0) is 12.0. The van der Waals surface area contributed by atoms with Crippen LogP contribution < -0.4 is 15.4 Å². The van der Waals surface area contributed by atoms with Crippen LogP contribution in [0.4, 0.5) is 5.69 Å². The summed E-state index contributed by atoms with van der Waals surface area (Å²) in [6, 6.07) is 5.47. The van der Waals surface area contributed by atoms with Crippen LogP contribution in [-0.2, 0) is 4.57 Å². The van der Waals surface area contributed by atoms with Crippen molar-refractivity contribution in [2.24, 2.45) is 0 Å². The summed E-state index contributed by atoms with van der Waals surface area (Å²) in [7, 11) is 0.264. The highest BCUT2D eigenvalue weighted by molar-refractivity contribution is 7.53. The van der Waals surface area contributed by atoms with Gasteiger partial charge in [-0.25, -0.2) is 0 Å². The van der Waals surface area contributed by atoms with Crippen LogP contribution in [0.2, 0.25) is 0 Å². The van der Waals surface area contributed by atoms with Crippen molar-refractivity contribution in [1.82, 2.24) is 0 Å². The first-order chi connectivity index (χ1) is 7.72. The predicted molar refractivity (Wildman–Crippen MR) is 68.1 cm³/mol. The van der Waals surface area contributed by atoms with E-state index in [4.69, 9.17) is 11.2 Å². The Hall–Kier alpha value is -1.52. The largest absolute Gasteiger partial charge is 0.494 e. The molecule has 84 valence electrons. The highest BCUT2D eigenvalue weighted by atomic mass is 31.1. The Kier molecular flexibility index (Phi) is 4.82. The lowest BCUT2D eigenvalue weighted by Gasteiger charge is -2.08. The number of methoxy groups -OCH3 is 1. The molecule has 0 radical (unpaired) electrons. The number of hydrogen-bond donors (Lipinski definition) is 1. The van der Waals surface area contributed by atoms with Crippen molar-refractivity contribution in [2.75, 3.05) is 25.1 Å². The molecule has 1 rings (SSSR count). The van der Waals surface area contributed by atoms with Crippen LogP contribution in [0.3, 0.4) is 0 Å². The minimum absolute atomic E-state index is 0.440. The Morgan fingerprint density at radius 3 is 2.88 bits per heavy atom. The molecular weight excluding hydrogens is 221 g/mol. The Bertz CT molecular complexity index is 424. The summed E-state index contributed by atoms with van der Waals surface area (Å²) in [6.07, 6.45) is 5.80. The Labute approximate surface area is 97.0 Å². The summed E-state index contributed by atoms with van der Waals surface area (Å²) in [4.78, 5) is 0. The number of hydrogen-bond acceptors (Lipinski definition) is 3. The number of ether oxygens (including phenoxy) is 1. The summed E-state index contributed by atoms with van der Waals surface area (Å²) in [5, 5.41) is 3.85. The second-order valence-electron chi connectivity index (χ2n) is 3.14. The molecule has 0 bridgehead atoms. The van der Waals surface area contributed by atoms with Gasteiger partial charge in [-0.15, -0.1) is 6.42 Å². The molecule has 0 aliphatic carbocycles. The fraction of sp³-hybridized carbons (Fsp3) is 0.333. The van der Waals surface area contributed by atoms with E-state index in [1.165, 1.54) is 0 Å². The maximum absolute atomic E-state index is 11.6. The molecule has 1 aromatic carbocycles. The summed E-state index contributed by atoms with van der Waals surface area (Å²) >= 11 is 0. The van der Waals surface area contributed by atoms with Gasteiger partial charge in [0.15, 0.2) is 5.30 Å². The number of anilines is 1. The molecule has 3 nitrogen and oxygen atoms in total. The molecule has 0 saturated heterocycles. The molecule has 0 aliphatic heterocycles. The second-order valence-corrected chi connectivity index (χ2v) is 5.04. The third-order valence-corrected chi connectivity index (χ3v) is 3.57. The molecule has 4 heteroatoms. The van der Waals surface area contributed by atoms with Gasteiger partial charge in [0.05, 0.1) is 19.3 Å². The predicted octanol–water partition coefficient (Wildman–Crippen LogP) is 2.21. The Morgan fingerprint density at radius 2 is 2.31 bits per heavy atom. The average Bonchev–Trinajstić information content (AvgIpc) is 2.35. The Morgan fingerprint density at radius 1 is 1.56 bits per heavy atom. The molecule has 0 heterocycles. The molecule has 1 unspecified atom stereocenters. The molecule has 16 heavy (non-hydrogen) atoms. The SMILES string of the molecule is C#CCNc1ccc([P+](=O)CC)cc1OC. The first-order valence-corrected chi connectivity index (χ1v) is 6.47. The van der Waals surface area contributed by atoms with Crippen molar-refractivity contribution in [1.29, 1.82) is 0 Å². The number of nitrogens with one attached hydrogen (secondary N) is 1. The molecule has 0 aromatic heterocycles. The van der Waals surface area contributed by atoms with Gasteiger partial charge in [0, 0.05) is 6.07 Å². The van der Waals surface area contributed by atoms with Gasteiger partial charge < -0.3 is 10.1 Å². The minimum Gasteiger partial charge on any atom is -0.494 e. The average molecular weight is 236 g/mol. The monoisotopic (exact) mass is 236 g/mol. The van der Waals surface area contributed by atoms with Crippen LogP contribution in [0.1, 0.15) is 6.92 Å². The Balaban J connectivity index is 2.98. The third kappa shape index (κ3) is 2.98. The minimum atomic E-state index is -1.32. The maximum atomic E-state index is 11.6. The normalized spacial score (nSPS) is 10.4.